The standard InChI is InChI=1S/C16H29N5O2/c1-12-15(13(2)23-19-12)11-17-16(22)18-14-5-7-21(8-6-14)10-9-20(3)4/h14H,5-11H2,1-4H3,(H2,17,18,22). The number of aromatic nitrogens is 1. The second kappa shape index (κ2) is 8.31. The van der Waals surface area contributed by atoms with Gasteiger partial charge in [0.1, 0.15) is 5.76 Å². The molecule has 2 heterocycles. The Morgan fingerprint density at radius 2 is 2.04 bits per heavy atom. The first-order valence-corrected chi connectivity index (χ1v) is 8.29. The third-order valence-corrected chi connectivity index (χ3v) is 4.39. The summed E-state index contributed by atoms with van der Waals surface area (Å²) in [7, 11) is 4.19. The Morgan fingerprint density at radius 1 is 1.35 bits per heavy atom. The van der Waals surface area contributed by atoms with Gasteiger partial charge in [-0.05, 0) is 40.8 Å². The Labute approximate surface area is 138 Å². The number of nitrogens with one attached hydrogen (secondary N) is 2. The molecule has 0 atom stereocenters. The first-order valence-electron chi connectivity index (χ1n) is 8.29. The quantitative estimate of drug-likeness (QED) is 0.820. The summed E-state index contributed by atoms with van der Waals surface area (Å²) in [5.41, 5.74) is 1.79. The molecule has 0 spiro atoms. The molecule has 1 fully saturated rings. The van der Waals surface area contributed by atoms with Gasteiger partial charge in [0.2, 0.25) is 0 Å². The van der Waals surface area contributed by atoms with Gasteiger partial charge in [0.05, 0.1) is 5.69 Å². The van der Waals surface area contributed by atoms with E-state index in [0.29, 0.717) is 6.54 Å². The van der Waals surface area contributed by atoms with E-state index < -0.39 is 0 Å². The van der Waals surface area contributed by atoms with E-state index >= 15 is 0 Å². The Morgan fingerprint density at radius 3 is 2.61 bits per heavy atom. The maximum Gasteiger partial charge on any atom is 0.315 e. The summed E-state index contributed by atoms with van der Waals surface area (Å²) >= 11 is 0. The van der Waals surface area contributed by atoms with Crippen molar-refractivity contribution in [3.8, 4) is 0 Å². The third-order valence-electron chi connectivity index (χ3n) is 4.39. The maximum atomic E-state index is 12.0. The first-order chi connectivity index (χ1) is 11.0. The number of hydrogen-bond donors (Lipinski definition) is 2. The molecule has 0 bridgehead atoms. The highest BCUT2D eigenvalue weighted by molar-refractivity contribution is 5.74. The molecule has 130 valence electrons. The van der Waals surface area contributed by atoms with Crippen LogP contribution in [0, 0.1) is 13.8 Å². The molecule has 7 nitrogen and oxygen atoms in total. The van der Waals surface area contributed by atoms with Gasteiger partial charge < -0.3 is 25.0 Å². The lowest BCUT2D eigenvalue weighted by molar-refractivity contribution is 0.180. The second-order valence-corrected chi connectivity index (χ2v) is 6.55. The fraction of sp³-hybridized carbons (Fsp3) is 0.750. The van der Waals surface area contributed by atoms with Crippen LogP contribution in [0.4, 0.5) is 4.79 Å². The maximum absolute atomic E-state index is 12.0. The Bertz CT molecular complexity index is 487. The van der Waals surface area contributed by atoms with Gasteiger partial charge in [0.15, 0.2) is 0 Å². The number of carbonyl (C=O) groups excluding carboxylic acids is 1. The molecule has 0 unspecified atom stereocenters. The third kappa shape index (κ3) is 5.51. The van der Waals surface area contributed by atoms with Crippen LogP contribution in [0.2, 0.25) is 0 Å². The summed E-state index contributed by atoms with van der Waals surface area (Å²) in [4.78, 5) is 16.7. The van der Waals surface area contributed by atoms with E-state index in [0.717, 1.165) is 56.0 Å². The SMILES string of the molecule is Cc1noc(C)c1CNC(=O)NC1CCN(CCN(C)C)CC1. The minimum Gasteiger partial charge on any atom is -0.361 e. The molecular weight excluding hydrogens is 294 g/mol. The van der Waals surface area contributed by atoms with Gasteiger partial charge in [-0.25, -0.2) is 4.79 Å². The lowest BCUT2D eigenvalue weighted by Crippen LogP contribution is -2.48. The number of hydrogen-bond acceptors (Lipinski definition) is 5. The van der Waals surface area contributed by atoms with Crippen LogP contribution in [-0.2, 0) is 6.54 Å². The zero-order valence-electron chi connectivity index (χ0n) is 14.7. The predicted octanol–water partition coefficient (Wildman–Crippen LogP) is 1.12. The molecule has 0 aromatic carbocycles. The molecule has 1 aromatic rings. The summed E-state index contributed by atoms with van der Waals surface area (Å²) in [6, 6.07) is 0.145. The number of likely N-dealkylation sites (tertiary alicyclic amines) is 1. The van der Waals surface area contributed by atoms with Gasteiger partial charge in [-0.15, -0.1) is 0 Å². The number of likely N-dealkylation sites (N-methyl/N-ethyl adjacent to an activating group) is 1. The van der Waals surface area contributed by atoms with Crippen LogP contribution in [0.1, 0.15) is 29.9 Å². The van der Waals surface area contributed by atoms with Gasteiger partial charge in [0, 0.05) is 44.3 Å². The van der Waals surface area contributed by atoms with Crippen molar-refractivity contribution in [2.24, 2.45) is 0 Å². The molecule has 1 saturated heterocycles. The number of urea groups is 1. The van der Waals surface area contributed by atoms with Crippen molar-refractivity contribution in [2.45, 2.75) is 39.3 Å². The van der Waals surface area contributed by atoms with E-state index in [1.165, 1.54) is 0 Å². The average molecular weight is 323 g/mol. The van der Waals surface area contributed by atoms with E-state index in [-0.39, 0.29) is 12.1 Å². The normalized spacial score (nSPS) is 16.7. The van der Waals surface area contributed by atoms with Gasteiger partial charge in [-0.1, -0.05) is 5.16 Å². The molecule has 2 N–H and O–H groups in total. The van der Waals surface area contributed by atoms with Crippen molar-refractivity contribution in [3.63, 3.8) is 0 Å². The van der Waals surface area contributed by atoms with Gasteiger partial charge in [-0.2, -0.15) is 0 Å². The minimum absolute atomic E-state index is 0.114. The second-order valence-electron chi connectivity index (χ2n) is 6.55. The fourth-order valence-electron chi connectivity index (χ4n) is 2.80. The van der Waals surface area contributed by atoms with Crippen LogP contribution in [0.3, 0.4) is 0 Å². The highest BCUT2D eigenvalue weighted by Gasteiger charge is 2.20. The minimum atomic E-state index is -0.114. The van der Waals surface area contributed by atoms with Crippen LogP contribution < -0.4 is 10.6 Å². The molecule has 1 aromatic heterocycles. The average Bonchev–Trinajstić information content (AvgIpc) is 2.83. The van der Waals surface area contributed by atoms with Gasteiger partial charge in [-0.3, -0.25) is 0 Å². The summed E-state index contributed by atoms with van der Waals surface area (Å²) < 4.78 is 5.10. The molecule has 1 aliphatic rings. The molecular formula is C16H29N5O2. The van der Waals surface area contributed by atoms with Crippen LogP contribution in [0.25, 0.3) is 0 Å². The number of rotatable bonds is 6. The van der Waals surface area contributed by atoms with Crippen LogP contribution in [0.15, 0.2) is 4.52 Å². The molecule has 1 aliphatic heterocycles. The van der Waals surface area contributed by atoms with Crippen molar-refractivity contribution in [1.29, 1.82) is 0 Å². The molecule has 23 heavy (non-hydrogen) atoms. The fourth-order valence-corrected chi connectivity index (χ4v) is 2.80. The highest BCUT2D eigenvalue weighted by Crippen LogP contribution is 2.12. The first kappa shape index (κ1) is 17.7. The number of piperidine rings is 1. The van der Waals surface area contributed by atoms with Crippen LogP contribution in [-0.4, -0.2) is 67.3 Å². The van der Waals surface area contributed by atoms with Crippen molar-refractivity contribution in [2.75, 3.05) is 40.3 Å². The molecule has 7 heteroatoms. The van der Waals surface area contributed by atoms with E-state index in [2.05, 4.69) is 39.7 Å². The summed E-state index contributed by atoms with van der Waals surface area (Å²) in [6.45, 7) is 8.46. The Hall–Kier alpha value is -1.60. The number of aryl methyl sites for hydroxylation is 2. The van der Waals surface area contributed by atoms with Crippen LogP contribution in [0.5, 0.6) is 0 Å². The van der Waals surface area contributed by atoms with Gasteiger partial charge >= 0.3 is 6.03 Å². The lowest BCUT2D eigenvalue weighted by Gasteiger charge is -2.32. The molecule has 0 radical (unpaired) electrons. The zero-order chi connectivity index (χ0) is 16.8. The highest BCUT2D eigenvalue weighted by atomic mass is 16.5. The largest absolute Gasteiger partial charge is 0.361 e. The molecule has 2 rings (SSSR count). The van der Waals surface area contributed by atoms with Crippen LogP contribution >= 0.6 is 0 Å². The Kier molecular flexibility index (Phi) is 6.41. The summed E-state index contributed by atoms with van der Waals surface area (Å²) in [5, 5.41) is 9.85. The number of carbonyl (C=O) groups is 1. The van der Waals surface area contributed by atoms with Crippen molar-refractivity contribution < 1.29 is 9.32 Å². The monoisotopic (exact) mass is 323 g/mol. The van der Waals surface area contributed by atoms with E-state index in [9.17, 15) is 4.79 Å². The lowest BCUT2D eigenvalue weighted by atomic mass is 10.1. The predicted molar refractivity (Wildman–Crippen MR) is 89.4 cm³/mol. The van der Waals surface area contributed by atoms with E-state index in [4.69, 9.17) is 4.52 Å². The van der Waals surface area contributed by atoms with Crippen molar-refractivity contribution in [1.82, 2.24) is 25.6 Å². The molecule has 0 saturated carbocycles. The summed E-state index contributed by atoms with van der Waals surface area (Å²) in [6.07, 6.45) is 2.01. The number of nitrogens with zero attached hydrogens (tertiary/aromatic N) is 3. The summed E-state index contributed by atoms with van der Waals surface area (Å²) in [5.74, 6) is 0.761. The zero-order valence-corrected chi connectivity index (χ0v) is 14.7. The number of amides is 2. The topological polar surface area (TPSA) is 73.6 Å². The molecule has 0 aliphatic carbocycles. The van der Waals surface area contributed by atoms with Gasteiger partial charge in [0.25, 0.3) is 0 Å². The van der Waals surface area contributed by atoms with E-state index in [1.54, 1.807) is 0 Å². The van der Waals surface area contributed by atoms with Crippen molar-refractivity contribution in [3.05, 3.63) is 17.0 Å². The molecule has 2 amide bonds. The smallest absolute Gasteiger partial charge is 0.315 e. The van der Waals surface area contributed by atoms with Crippen molar-refractivity contribution >= 4 is 6.03 Å². The van der Waals surface area contributed by atoms with E-state index in [1.807, 2.05) is 13.8 Å². The Balaban J connectivity index is 1.67.